The average Bonchev–Trinajstić information content (AvgIpc) is 3.79. The summed E-state index contributed by atoms with van der Waals surface area (Å²) < 4.78 is 44.4. The van der Waals surface area contributed by atoms with Crippen LogP contribution in [0.3, 0.4) is 0 Å². The number of esters is 3. The highest BCUT2D eigenvalue weighted by molar-refractivity contribution is 7.89. The summed E-state index contributed by atoms with van der Waals surface area (Å²) >= 11 is 0. The number of rotatable bonds is 12. The second-order valence-corrected chi connectivity index (χ2v) is 22.1. The molecule has 0 amide bonds. The zero-order valence-corrected chi connectivity index (χ0v) is 37.5. The van der Waals surface area contributed by atoms with Gasteiger partial charge in [0.2, 0.25) is 10.0 Å². The molecule has 0 aliphatic heterocycles. The summed E-state index contributed by atoms with van der Waals surface area (Å²) in [4.78, 5) is 34.9. The molecule has 0 heterocycles. The van der Waals surface area contributed by atoms with Crippen LogP contribution in [0, 0.1) is 53.3 Å². The summed E-state index contributed by atoms with van der Waals surface area (Å²) in [5.41, 5.74) is -1.32. The van der Waals surface area contributed by atoms with Gasteiger partial charge in [-0.1, -0.05) is 48.0 Å². The van der Waals surface area contributed by atoms with Crippen molar-refractivity contribution in [3.63, 3.8) is 0 Å². The van der Waals surface area contributed by atoms with E-state index in [0.717, 1.165) is 96.3 Å². The number of hydrogen-bond acceptors (Lipinski definition) is 11. The van der Waals surface area contributed by atoms with E-state index in [2.05, 4.69) is 4.74 Å². The zero-order valence-electron chi connectivity index (χ0n) is 36.7. The summed E-state index contributed by atoms with van der Waals surface area (Å²) in [6, 6.07) is 0. The summed E-state index contributed by atoms with van der Waals surface area (Å²) in [5, 5.41) is 24.5. The second kappa shape index (κ2) is 19.1. The Morgan fingerprint density at radius 2 is 1.10 bits per heavy atom. The average molecular weight is 840 g/mol. The number of ether oxygens (including phenoxy) is 4. The smallest absolute Gasteiger partial charge is 0.309 e. The van der Waals surface area contributed by atoms with Gasteiger partial charge < -0.3 is 29.2 Å². The van der Waals surface area contributed by atoms with Crippen LogP contribution in [0.25, 0.3) is 0 Å². The molecule has 10 rings (SSSR count). The maximum atomic E-state index is 12.3. The molecule has 10 fully saturated rings. The van der Waals surface area contributed by atoms with Crippen LogP contribution in [0.5, 0.6) is 0 Å². The van der Waals surface area contributed by atoms with Crippen molar-refractivity contribution in [2.45, 2.75) is 191 Å². The molecule has 0 aromatic rings. The van der Waals surface area contributed by atoms with E-state index in [4.69, 9.17) is 24.5 Å². The Hall–Kier alpha value is -1.80. The lowest BCUT2D eigenvalue weighted by atomic mass is 9.52. The SMILES string of the molecule is CCC(C)C(=O)OC.CCC(C)C(=O)OC12CC3CC(CC(O)(C3)C1)C2.CCC(C)C(=O)OC12CC3CC(CC(OCCO)(C3)C1)C2.NS(=O)(=O)C1CC2CCC1C2. The van der Waals surface area contributed by atoms with Gasteiger partial charge >= 0.3 is 17.9 Å². The highest BCUT2D eigenvalue weighted by Gasteiger charge is 2.61. The zero-order chi connectivity index (χ0) is 42.7. The fourth-order valence-electron chi connectivity index (χ4n) is 12.8. The maximum absolute atomic E-state index is 12.3. The Morgan fingerprint density at radius 3 is 1.45 bits per heavy atom. The lowest BCUT2D eigenvalue weighted by molar-refractivity contribution is -0.237. The molecule has 10 aliphatic rings. The molecule has 10 aliphatic carbocycles. The van der Waals surface area contributed by atoms with Crippen molar-refractivity contribution in [2.24, 2.45) is 58.4 Å². The van der Waals surface area contributed by atoms with Gasteiger partial charge in [-0.25, -0.2) is 13.6 Å². The predicted octanol–water partition coefficient (Wildman–Crippen LogP) is 7.00. The Kier molecular flexibility index (Phi) is 15.5. The first kappa shape index (κ1) is 47.3. The first-order chi connectivity index (χ1) is 27.2. The van der Waals surface area contributed by atoms with E-state index in [-0.39, 0.29) is 64.3 Å². The van der Waals surface area contributed by atoms with E-state index in [1.54, 1.807) is 0 Å². The van der Waals surface area contributed by atoms with E-state index in [0.29, 0.717) is 48.5 Å². The third-order valence-electron chi connectivity index (χ3n) is 15.4. The molecule has 0 aromatic carbocycles. The fraction of sp³-hybridized carbons (Fsp3) is 0.933. The molecule has 0 aromatic heterocycles. The Balaban J connectivity index is 0.000000157. The van der Waals surface area contributed by atoms with Gasteiger partial charge in [-0.15, -0.1) is 0 Å². The van der Waals surface area contributed by atoms with Crippen LogP contribution in [-0.2, 0) is 43.4 Å². The van der Waals surface area contributed by atoms with Crippen molar-refractivity contribution in [3.8, 4) is 0 Å². The molecule has 10 saturated carbocycles. The lowest BCUT2D eigenvalue weighted by Crippen LogP contribution is -2.61. The number of carbonyl (C=O) groups is 3. The van der Waals surface area contributed by atoms with Crippen LogP contribution in [0.1, 0.15) is 164 Å². The van der Waals surface area contributed by atoms with Crippen molar-refractivity contribution < 1.29 is 52.0 Å². The topological polar surface area (TPSA) is 189 Å². The van der Waals surface area contributed by atoms with Crippen LogP contribution < -0.4 is 5.14 Å². The van der Waals surface area contributed by atoms with Gasteiger partial charge in [-0.3, -0.25) is 14.4 Å². The minimum Gasteiger partial charge on any atom is -0.469 e. The van der Waals surface area contributed by atoms with Crippen LogP contribution in [0.2, 0.25) is 0 Å². The number of sulfonamides is 1. The predicted molar refractivity (Wildman–Crippen MR) is 220 cm³/mol. The molecule has 0 spiro atoms. The number of carbonyl (C=O) groups excluding carboxylic acids is 3. The molecule has 10 bridgehead atoms. The van der Waals surface area contributed by atoms with Crippen molar-refractivity contribution >= 4 is 27.9 Å². The number of hydrogen-bond donors (Lipinski definition) is 3. The number of primary sulfonamides is 1. The number of aliphatic hydroxyl groups excluding tert-OH is 1. The standard InChI is InChI=1S/C17H28O4.C15H24O3.C7H13NO2S.C6H12O2/c1-3-12(2)15(19)21-17-9-13-6-14(10-17)8-16(7-13,11-17)20-5-4-18;1-3-10(2)13(16)18-15-7-11-4-12(8-15)6-14(17,5-11)9-15;8-11(9,10)7-4-5-1-2-6(7)3-5;1-4-5(2)6(7)8-3/h12-14,18H,3-11H2,1-2H3;10-12,17H,3-9H2,1-2H3;5-7H,1-4H2,(H2,8,9,10);5H,4H2,1-3H3. The Morgan fingerprint density at radius 1 is 0.655 bits per heavy atom. The molecule has 334 valence electrons. The summed E-state index contributed by atoms with van der Waals surface area (Å²) in [6.45, 7) is 12.2. The number of aliphatic hydroxyl groups is 2. The maximum Gasteiger partial charge on any atom is 0.309 e. The van der Waals surface area contributed by atoms with Crippen LogP contribution in [-0.4, -0.2) is 84.5 Å². The summed E-state index contributed by atoms with van der Waals surface area (Å²) in [6.07, 6.45) is 18.7. The van der Waals surface area contributed by atoms with Gasteiger partial charge in [0, 0.05) is 12.8 Å². The van der Waals surface area contributed by atoms with Crippen molar-refractivity contribution in [1.82, 2.24) is 0 Å². The highest BCUT2D eigenvalue weighted by atomic mass is 32.2. The van der Waals surface area contributed by atoms with Gasteiger partial charge in [0.15, 0.2) is 0 Å². The van der Waals surface area contributed by atoms with Gasteiger partial charge in [0.05, 0.1) is 54.5 Å². The van der Waals surface area contributed by atoms with Crippen molar-refractivity contribution in [3.05, 3.63) is 0 Å². The molecule has 0 saturated heterocycles. The summed E-state index contributed by atoms with van der Waals surface area (Å²) in [7, 11) is -1.82. The first-order valence-corrected chi connectivity index (χ1v) is 24.4. The van der Waals surface area contributed by atoms with Gasteiger partial charge in [0.1, 0.15) is 11.2 Å². The van der Waals surface area contributed by atoms with E-state index in [1.807, 2.05) is 41.5 Å². The largest absolute Gasteiger partial charge is 0.469 e. The van der Waals surface area contributed by atoms with Gasteiger partial charge in [-0.05, 0) is 138 Å². The third kappa shape index (κ3) is 11.4. The minimum atomic E-state index is -3.23. The molecule has 12 nitrogen and oxygen atoms in total. The van der Waals surface area contributed by atoms with Crippen LogP contribution >= 0.6 is 0 Å². The van der Waals surface area contributed by atoms with Gasteiger partial charge in [0.25, 0.3) is 0 Å². The van der Waals surface area contributed by atoms with E-state index < -0.39 is 15.6 Å². The quantitative estimate of drug-likeness (QED) is 0.136. The van der Waals surface area contributed by atoms with E-state index in [1.165, 1.54) is 26.4 Å². The monoisotopic (exact) mass is 840 g/mol. The second-order valence-electron chi connectivity index (χ2n) is 20.4. The van der Waals surface area contributed by atoms with Crippen LogP contribution in [0.15, 0.2) is 0 Å². The third-order valence-corrected chi connectivity index (χ3v) is 16.8. The lowest BCUT2D eigenvalue weighted by Gasteiger charge is -2.60. The van der Waals surface area contributed by atoms with Gasteiger partial charge in [-0.2, -0.15) is 0 Å². The first-order valence-electron chi connectivity index (χ1n) is 22.7. The normalized spacial score (nSPS) is 39.8. The number of methoxy groups -OCH3 is 1. The van der Waals surface area contributed by atoms with Crippen molar-refractivity contribution in [1.29, 1.82) is 0 Å². The number of nitrogens with two attached hydrogens (primary N) is 1. The molecule has 10 unspecified atom stereocenters. The molecule has 58 heavy (non-hydrogen) atoms. The van der Waals surface area contributed by atoms with E-state index >= 15 is 0 Å². The molecular formula is C45H77NO11S. The summed E-state index contributed by atoms with van der Waals surface area (Å²) in [5.74, 6) is 3.21. The molecule has 0 radical (unpaired) electrons. The van der Waals surface area contributed by atoms with Crippen molar-refractivity contribution in [2.75, 3.05) is 20.3 Å². The fourth-order valence-corrected chi connectivity index (χ4v) is 14.1. The Labute approximate surface area is 348 Å². The highest BCUT2D eigenvalue weighted by Crippen LogP contribution is 2.61. The Bertz CT molecular complexity index is 1510. The number of fused-ring (bicyclic) bond motifs is 2. The molecule has 13 heteroatoms. The van der Waals surface area contributed by atoms with E-state index in [9.17, 15) is 27.9 Å². The molecular weight excluding hydrogens is 763 g/mol. The molecule has 10 atom stereocenters. The molecule has 4 N–H and O–H groups in total. The van der Waals surface area contributed by atoms with Crippen LogP contribution in [0.4, 0.5) is 0 Å². The minimum absolute atomic E-state index is 0.0207.